The molecule has 0 aliphatic carbocycles. The van der Waals surface area contributed by atoms with Crippen molar-refractivity contribution in [3.05, 3.63) is 28.8 Å². The molecule has 0 bridgehead atoms. The van der Waals surface area contributed by atoms with Crippen molar-refractivity contribution in [2.45, 2.75) is 6.92 Å². The van der Waals surface area contributed by atoms with E-state index in [1.165, 1.54) is 0 Å². The van der Waals surface area contributed by atoms with Crippen molar-refractivity contribution < 1.29 is 10.0 Å². The first-order valence-corrected chi connectivity index (χ1v) is 4.25. The summed E-state index contributed by atoms with van der Waals surface area (Å²) in [6.45, 7) is 1.86. The maximum absolute atomic E-state index is 11.0. The monoisotopic (exact) mass is 212 g/mol. The summed E-state index contributed by atoms with van der Waals surface area (Å²) in [6.07, 6.45) is 0.774. The van der Waals surface area contributed by atoms with Gasteiger partial charge in [0.15, 0.2) is 0 Å². The van der Waals surface area contributed by atoms with Gasteiger partial charge >= 0.3 is 0 Å². The topological polar surface area (TPSA) is 61.7 Å². The Kier molecular flexibility index (Phi) is 3.48. The van der Waals surface area contributed by atoms with E-state index >= 15 is 0 Å². The van der Waals surface area contributed by atoms with Gasteiger partial charge in [-0.25, -0.2) is 0 Å². The highest BCUT2D eigenvalue weighted by molar-refractivity contribution is 6.33. The molecule has 1 aromatic carbocycles. The molecule has 0 aromatic heterocycles. The predicted octanol–water partition coefficient (Wildman–Crippen LogP) is 2.05. The molecule has 1 amide bonds. The number of amides is 1. The number of hydrogen-bond donors (Lipinski definition) is 2. The Morgan fingerprint density at radius 3 is 2.86 bits per heavy atom. The van der Waals surface area contributed by atoms with E-state index in [1.54, 1.807) is 18.2 Å². The third kappa shape index (κ3) is 3.06. The van der Waals surface area contributed by atoms with Crippen LogP contribution in [0.5, 0.6) is 0 Å². The largest absolute Gasteiger partial charge is 0.411 e. The SMILES string of the molecule is Cc1cc(Cl)cc(NC(=O)C=NO)c1. The fraction of sp³-hybridized carbons (Fsp3) is 0.111. The lowest BCUT2D eigenvalue weighted by Crippen LogP contribution is -2.12. The van der Waals surface area contributed by atoms with Crippen molar-refractivity contribution in [1.82, 2.24) is 0 Å². The number of anilines is 1. The van der Waals surface area contributed by atoms with E-state index in [4.69, 9.17) is 16.8 Å². The van der Waals surface area contributed by atoms with Crippen LogP contribution in [0.4, 0.5) is 5.69 Å². The molecule has 0 spiro atoms. The Morgan fingerprint density at radius 1 is 1.57 bits per heavy atom. The zero-order valence-corrected chi connectivity index (χ0v) is 8.25. The van der Waals surface area contributed by atoms with Gasteiger partial charge in [0.2, 0.25) is 0 Å². The van der Waals surface area contributed by atoms with Crippen molar-refractivity contribution in [3.63, 3.8) is 0 Å². The molecule has 0 saturated heterocycles. The lowest BCUT2D eigenvalue weighted by Gasteiger charge is -2.03. The number of oxime groups is 1. The Hall–Kier alpha value is -1.55. The Labute approximate surface area is 86.2 Å². The van der Waals surface area contributed by atoms with Gasteiger partial charge in [-0.15, -0.1) is 0 Å². The Morgan fingerprint density at radius 2 is 2.29 bits per heavy atom. The number of nitrogens with one attached hydrogen (secondary N) is 1. The van der Waals surface area contributed by atoms with Crippen molar-refractivity contribution in [2.75, 3.05) is 5.32 Å². The van der Waals surface area contributed by atoms with Crippen molar-refractivity contribution in [3.8, 4) is 0 Å². The van der Waals surface area contributed by atoms with Crippen LogP contribution in [0.3, 0.4) is 0 Å². The third-order valence-corrected chi connectivity index (χ3v) is 1.70. The number of hydrogen-bond acceptors (Lipinski definition) is 3. The van der Waals surface area contributed by atoms with Crippen molar-refractivity contribution in [1.29, 1.82) is 0 Å². The molecular weight excluding hydrogens is 204 g/mol. The average molecular weight is 213 g/mol. The molecule has 4 nitrogen and oxygen atoms in total. The summed E-state index contributed by atoms with van der Waals surface area (Å²) in [5, 5.41) is 13.7. The van der Waals surface area contributed by atoms with Gasteiger partial charge in [-0.3, -0.25) is 4.79 Å². The maximum Gasteiger partial charge on any atom is 0.270 e. The Bertz CT molecular complexity index is 357. The van der Waals surface area contributed by atoms with E-state index in [0.29, 0.717) is 10.7 Å². The molecule has 2 N–H and O–H groups in total. The lowest BCUT2D eigenvalue weighted by atomic mass is 10.2. The summed E-state index contributed by atoms with van der Waals surface area (Å²) < 4.78 is 0. The first-order valence-electron chi connectivity index (χ1n) is 3.87. The number of aryl methyl sites for hydroxylation is 1. The van der Waals surface area contributed by atoms with E-state index < -0.39 is 5.91 Å². The maximum atomic E-state index is 11.0. The van der Waals surface area contributed by atoms with Crippen LogP contribution in [0.25, 0.3) is 0 Å². The van der Waals surface area contributed by atoms with Crippen LogP contribution in [-0.4, -0.2) is 17.3 Å². The standard InChI is InChI=1S/C9H9ClN2O2/c1-6-2-7(10)4-8(3-6)12-9(13)5-11-14/h2-5,14H,1H3,(H,12,13). The molecule has 0 saturated carbocycles. The van der Waals surface area contributed by atoms with Crippen molar-refractivity contribution >= 4 is 29.4 Å². The molecule has 0 atom stereocenters. The highest BCUT2D eigenvalue weighted by Crippen LogP contribution is 2.18. The van der Waals surface area contributed by atoms with Crippen LogP contribution in [-0.2, 0) is 4.79 Å². The van der Waals surface area contributed by atoms with E-state index in [1.807, 2.05) is 6.92 Å². The van der Waals surface area contributed by atoms with Gasteiger partial charge < -0.3 is 10.5 Å². The molecule has 0 unspecified atom stereocenters. The molecule has 74 valence electrons. The normalized spacial score (nSPS) is 10.4. The second-order valence-electron chi connectivity index (χ2n) is 2.75. The summed E-state index contributed by atoms with van der Waals surface area (Å²) in [6, 6.07) is 5.14. The quantitative estimate of drug-likeness (QED) is 0.448. The van der Waals surface area contributed by atoms with Gasteiger partial charge in [-0.2, -0.15) is 0 Å². The molecule has 0 heterocycles. The highest BCUT2D eigenvalue weighted by Gasteiger charge is 2.00. The van der Waals surface area contributed by atoms with Crippen LogP contribution < -0.4 is 5.32 Å². The Balaban J connectivity index is 2.81. The molecule has 0 aliphatic heterocycles. The summed E-state index contributed by atoms with van der Waals surface area (Å²) in [4.78, 5) is 11.0. The number of rotatable bonds is 2. The van der Waals surface area contributed by atoms with E-state index in [0.717, 1.165) is 11.8 Å². The highest BCUT2D eigenvalue weighted by atomic mass is 35.5. The molecule has 0 aliphatic rings. The molecule has 1 aromatic rings. The van der Waals surface area contributed by atoms with Crippen LogP contribution in [0.1, 0.15) is 5.56 Å². The molecule has 14 heavy (non-hydrogen) atoms. The van der Waals surface area contributed by atoms with E-state index in [2.05, 4.69) is 10.5 Å². The van der Waals surface area contributed by atoms with Crippen molar-refractivity contribution in [2.24, 2.45) is 5.16 Å². The summed E-state index contributed by atoms with van der Waals surface area (Å²) in [5.41, 5.74) is 1.51. The minimum atomic E-state index is -0.505. The first kappa shape index (κ1) is 10.5. The lowest BCUT2D eigenvalue weighted by molar-refractivity contribution is -0.110. The fourth-order valence-corrected chi connectivity index (χ4v) is 1.33. The van der Waals surface area contributed by atoms with Gasteiger partial charge in [0.25, 0.3) is 5.91 Å². The minimum Gasteiger partial charge on any atom is -0.411 e. The minimum absolute atomic E-state index is 0.505. The number of carbonyl (C=O) groups excluding carboxylic acids is 1. The fourth-order valence-electron chi connectivity index (χ4n) is 1.04. The molecule has 5 heteroatoms. The van der Waals surface area contributed by atoms with Crippen LogP contribution in [0.15, 0.2) is 23.4 Å². The molecule has 1 rings (SSSR count). The van der Waals surface area contributed by atoms with Gasteiger partial charge in [0, 0.05) is 10.7 Å². The second-order valence-corrected chi connectivity index (χ2v) is 3.19. The number of carbonyl (C=O) groups is 1. The van der Waals surface area contributed by atoms with Gasteiger partial charge in [-0.05, 0) is 30.7 Å². The third-order valence-electron chi connectivity index (χ3n) is 1.48. The number of benzene rings is 1. The predicted molar refractivity (Wildman–Crippen MR) is 55.1 cm³/mol. The van der Waals surface area contributed by atoms with Crippen LogP contribution in [0.2, 0.25) is 5.02 Å². The summed E-state index contributed by atoms with van der Waals surface area (Å²) in [5.74, 6) is -0.505. The zero-order chi connectivity index (χ0) is 10.6. The van der Waals surface area contributed by atoms with Crippen LogP contribution in [0, 0.1) is 6.92 Å². The summed E-state index contributed by atoms with van der Waals surface area (Å²) >= 11 is 5.78. The molecule has 0 radical (unpaired) electrons. The smallest absolute Gasteiger partial charge is 0.270 e. The van der Waals surface area contributed by atoms with E-state index in [9.17, 15) is 4.79 Å². The van der Waals surface area contributed by atoms with E-state index in [-0.39, 0.29) is 0 Å². The second kappa shape index (κ2) is 4.62. The number of nitrogens with zero attached hydrogens (tertiary/aromatic N) is 1. The summed E-state index contributed by atoms with van der Waals surface area (Å²) in [7, 11) is 0. The number of halogens is 1. The molecule has 0 fully saturated rings. The first-order chi connectivity index (χ1) is 6.61. The van der Waals surface area contributed by atoms with Gasteiger partial charge in [-0.1, -0.05) is 16.8 Å². The van der Waals surface area contributed by atoms with Gasteiger partial charge in [0.05, 0.1) is 0 Å². The van der Waals surface area contributed by atoms with Crippen LogP contribution >= 0.6 is 11.6 Å². The zero-order valence-electron chi connectivity index (χ0n) is 7.49. The molecular formula is C9H9ClN2O2. The average Bonchev–Trinajstić information content (AvgIpc) is 2.01. The van der Waals surface area contributed by atoms with Gasteiger partial charge in [0.1, 0.15) is 6.21 Å².